The summed E-state index contributed by atoms with van der Waals surface area (Å²) in [5.41, 5.74) is 2.66. The molecule has 122 valence electrons. The van der Waals surface area contributed by atoms with E-state index in [1.165, 1.54) is 0 Å². The minimum Gasteiger partial charge on any atom is -0.358 e. The summed E-state index contributed by atoms with van der Waals surface area (Å²) in [6, 6.07) is 7.78. The molecule has 1 aliphatic heterocycles. The summed E-state index contributed by atoms with van der Waals surface area (Å²) in [4.78, 5) is 16.2. The highest BCUT2D eigenvalue weighted by molar-refractivity contribution is 7.91. The third-order valence-electron chi connectivity index (χ3n) is 5.12. The van der Waals surface area contributed by atoms with Crippen LogP contribution in [0.15, 0.2) is 24.3 Å². The molecular formula is C17H20N2O3S. The molecule has 2 fully saturated rings. The molecule has 6 heteroatoms. The lowest BCUT2D eigenvalue weighted by atomic mass is 9.91. The van der Waals surface area contributed by atoms with Crippen molar-refractivity contribution >= 4 is 26.6 Å². The highest BCUT2D eigenvalue weighted by Crippen LogP contribution is 2.52. The van der Waals surface area contributed by atoms with Gasteiger partial charge < -0.3 is 10.3 Å². The van der Waals surface area contributed by atoms with Crippen molar-refractivity contribution in [3.05, 3.63) is 35.5 Å². The Labute approximate surface area is 135 Å². The molecule has 1 aliphatic carbocycles. The van der Waals surface area contributed by atoms with Crippen molar-refractivity contribution in [1.82, 2.24) is 10.3 Å². The summed E-state index contributed by atoms with van der Waals surface area (Å²) in [5, 5.41) is 4.08. The first-order chi connectivity index (χ1) is 10.9. The molecule has 1 aromatic carbocycles. The van der Waals surface area contributed by atoms with E-state index in [9.17, 15) is 13.2 Å². The van der Waals surface area contributed by atoms with Crippen LogP contribution in [0.1, 0.15) is 30.5 Å². The van der Waals surface area contributed by atoms with Gasteiger partial charge in [-0.15, -0.1) is 0 Å². The van der Waals surface area contributed by atoms with Crippen LogP contribution in [0.4, 0.5) is 0 Å². The number of H-pyrrole nitrogens is 1. The Balaban J connectivity index is 1.65. The van der Waals surface area contributed by atoms with E-state index in [1.807, 2.05) is 31.2 Å². The summed E-state index contributed by atoms with van der Waals surface area (Å²) in [7, 11) is -2.98. The number of aromatic nitrogens is 1. The van der Waals surface area contributed by atoms with Crippen LogP contribution in [0.25, 0.3) is 10.9 Å². The first-order valence-electron chi connectivity index (χ1n) is 8.00. The van der Waals surface area contributed by atoms with Gasteiger partial charge in [0, 0.05) is 22.6 Å². The lowest BCUT2D eigenvalue weighted by Gasteiger charge is -2.19. The summed E-state index contributed by atoms with van der Waals surface area (Å²) >= 11 is 0. The Morgan fingerprint density at radius 3 is 2.70 bits per heavy atom. The van der Waals surface area contributed by atoms with Crippen molar-refractivity contribution < 1.29 is 13.2 Å². The first kappa shape index (κ1) is 14.8. The van der Waals surface area contributed by atoms with Gasteiger partial charge in [0.05, 0.1) is 16.9 Å². The van der Waals surface area contributed by atoms with Gasteiger partial charge in [-0.3, -0.25) is 4.79 Å². The van der Waals surface area contributed by atoms with E-state index in [1.54, 1.807) is 0 Å². The van der Waals surface area contributed by atoms with Crippen molar-refractivity contribution in [3.8, 4) is 0 Å². The average Bonchev–Trinajstić information content (AvgIpc) is 3.11. The Morgan fingerprint density at radius 1 is 1.30 bits per heavy atom. The monoisotopic (exact) mass is 332 g/mol. The maximum Gasteiger partial charge on any atom is 0.230 e. The van der Waals surface area contributed by atoms with E-state index >= 15 is 0 Å². The molecule has 2 aromatic rings. The normalized spacial score (nSPS) is 24.7. The Morgan fingerprint density at radius 2 is 2.04 bits per heavy atom. The SMILES string of the molecule is Cc1[nH]c2ccccc2c1C1(C(=O)NC2CCS(=O)(=O)C2)CC1. The minimum absolute atomic E-state index is 0.0209. The minimum atomic E-state index is -2.98. The number of rotatable bonds is 3. The van der Waals surface area contributed by atoms with Crippen molar-refractivity contribution in [2.75, 3.05) is 11.5 Å². The van der Waals surface area contributed by atoms with Crippen molar-refractivity contribution in [1.29, 1.82) is 0 Å². The van der Waals surface area contributed by atoms with Gasteiger partial charge in [-0.05, 0) is 37.8 Å². The summed E-state index contributed by atoms with van der Waals surface area (Å²) in [6.07, 6.45) is 2.17. The molecule has 1 saturated carbocycles. The molecule has 2 N–H and O–H groups in total. The predicted molar refractivity (Wildman–Crippen MR) is 89.1 cm³/mol. The number of carbonyl (C=O) groups excluding carboxylic acids is 1. The fourth-order valence-electron chi connectivity index (χ4n) is 3.84. The molecule has 4 rings (SSSR count). The number of carbonyl (C=O) groups is 1. The van der Waals surface area contributed by atoms with Crippen LogP contribution in [0, 0.1) is 6.92 Å². The van der Waals surface area contributed by atoms with Gasteiger partial charge in [0.1, 0.15) is 0 Å². The van der Waals surface area contributed by atoms with Crippen LogP contribution in [0.2, 0.25) is 0 Å². The van der Waals surface area contributed by atoms with Gasteiger partial charge in [0.15, 0.2) is 9.84 Å². The molecule has 5 nitrogen and oxygen atoms in total. The van der Waals surface area contributed by atoms with Crippen LogP contribution in [0.5, 0.6) is 0 Å². The van der Waals surface area contributed by atoms with Crippen molar-refractivity contribution in [2.24, 2.45) is 0 Å². The van der Waals surface area contributed by atoms with E-state index in [0.29, 0.717) is 6.42 Å². The number of para-hydroxylation sites is 1. The molecule has 23 heavy (non-hydrogen) atoms. The van der Waals surface area contributed by atoms with Crippen LogP contribution in [-0.2, 0) is 20.0 Å². The van der Waals surface area contributed by atoms with E-state index < -0.39 is 15.3 Å². The van der Waals surface area contributed by atoms with Gasteiger partial charge in [-0.2, -0.15) is 0 Å². The zero-order chi connectivity index (χ0) is 16.2. The largest absolute Gasteiger partial charge is 0.358 e. The second-order valence-electron chi connectivity index (χ2n) is 6.83. The fourth-order valence-corrected chi connectivity index (χ4v) is 5.51. The van der Waals surface area contributed by atoms with Crippen LogP contribution in [0.3, 0.4) is 0 Å². The van der Waals surface area contributed by atoms with E-state index in [4.69, 9.17) is 0 Å². The fraction of sp³-hybridized carbons (Fsp3) is 0.471. The van der Waals surface area contributed by atoms with E-state index in [-0.39, 0.29) is 23.5 Å². The van der Waals surface area contributed by atoms with Crippen LogP contribution >= 0.6 is 0 Å². The Hall–Kier alpha value is -1.82. The standard InChI is InChI=1S/C17H20N2O3S/c1-11-15(13-4-2-3-5-14(13)18-11)17(7-8-17)16(20)19-12-6-9-23(21,22)10-12/h2-5,12,18H,6-10H2,1H3,(H,19,20). The third-order valence-corrected chi connectivity index (χ3v) is 6.89. The molecule has 1 amide bonds. The van der Waals surface area contributed by atoms with Crippen LogP contribution < -0.4 is 5.32 Å². The Bertz CT molecular complexity index is 894. The summed E-state index contributed by atoms with van der Waals surface area (Å²) in [5.74, 6) is 0.228. The predicted octanol–water partition coefficient (Wildman–Crippen LogP) is 1.81. The average molecular weight is 332 g/mol. The molecular weight excluding hydrogens is 312 g/mol. The van der Waals surface area contributed by atoms with Gasteiger partial charge in [-0.1, -0.05) is 18.2 Å². The first-order valence-corrected chi connectivity index (χ1v) is 9.83. The molecule has 1 unspecified atom stereocenters. The molecule has 0 bridgehead atoms. The molecule has 1 aromatic heterocycles. The number of aryl methyl sites for hydroxylation is 1. The topological polar surface area (TPSA) is 79.0 Å². The maximum absolute atomic E-state index is 12.9. The van der Waals surface area contributed by atoms with Gasteiger partial charge >= 0.3 is 0 Å². The van der Waals surface area contributed by atoms with Gasteiger partial charge in [0.2, 0.25) is 5.91 Å². The maximum atomic E-state index is 12.9. The zero-order valence-corrected chi connectivity index (χ0v) is 13.9. The Kier molecular flexibility index (Phi) is 3.10. The number of fused-ring (bicyclic) bond motifs is 1. The van der Waals surface area contributed by atoms with Gasteiger partial charge in [0.25, 0.3) is 0 Å². The van der Waals surface area contributed by atoms with Crippen molar-refractivity contribution in [3.63, 3.8) is 0 Å². The number of nitrogens with one attached hydrogen (secondary N) is 2. The van der Waals surface area contributed by atoms with Gasteiger partial charge in [-0.25, -0.2) is 8.42 Å². The van der Waals surface area contributed by atoms with E-state index in [0.717, 1.165) is 35.0 Å². The zero-order valence-electron chi connectivity index (χ0n) is 13.1. The number of benzene rings is 1. The number of hydrogen-bond acceptors (Lipinski definition) is 3. The number of sulfone groups is 1. The number of aromatic amines is 1. The second-order valence-corrected chi connectivity index (χ2v) is 9.05. The molecule has 1 atom stereocenters. The number of amides is 1. The second kappa shape index (κ2) is 4.84. The molecule has 0 radical (unpaired) electrons. The quantitative estimate of drug-likeness (QED) is 0.900. The lowest BCUT2D eigenvalue weighted by Crippen LogP contribution is -2.42. The highest BCUT2D eigenvalue weighted by Gasteiger charge is 2.54. The third kappa shape index (κ3) is 2.36. The smallest absolute Gasteiger partial charge is 0.230 e. The molecule has 2 heterocycles. The van der Waals surface area contributed by atoms with E-state index in [2.05, 4.69) is 10.3 Å². The molecule has 0 spiro atoms. The molecule has 2 aliphatic rings. The number of hydrogen-bond donors (Lipinski definition) is 2. The summed E-state index contributed by atoms with van der Waals surface area (Å²) < 4.78 is 23.2. The lowest BCUT2D eigenvalue weighted by molar-refractivity contribution is -0.124. The van der Waals surface area contributed by atoms with Crippen LogP contribution in [-0.4, -0.2) is 36.9 Å². The molecule has 1 saturated heterocycles. The summed E-state index contributed by atoms with van der Waals surface area (Å²) in [6.45, 7) is 2.00. The highest BCUT2D eigenvalue weighted by atomic mass is 32.2. The van der Waals surface area contributed by atoms with Crippen molar-refractivity contribution in [2.45, 2.75) is 37.6 Å².